The Hall–Kier alpha value is -2.71. The monoisotopic (exact) mass is 444 g/mol. The Morgan fingerprint density at radius 2 is 1.67 bits per heavy atom. The van der Waals surface area contributed by atoms with Gasteiger partial charge in [0.1, 0.15) is 4.32 Å². The van der Waals surface area contributed by atoms with Gasteiger partial charge in [-0.05, 0) is 48.7 Å². The molecule has 1 fully saturated rings. The molecule has 0 spiro atoms. The van der Waals surface area contributed by atoms with E-state index in [9.17, 15) is 4.79 Å². The van der Waals surface area contributed by atoms with Gasteiger partial charge in [0, 0.05) is 5.69 Å². The van der Waals surface area contributed by atoms with Crippen LogP contribution in [0.3, 0.4) is 0 Å². The van der Waals surface area contributed by atoms with Crippen molar-refractivity contribution in [2.45, 2.75) is 13.8 Å². The summed E-state index contributed by atoms with van der Waals surface area (Å²) in [6.07, 6.45) is 1.78. The average molecular weight is 445 g/mol. The van der Waals surface area contributed by atoms with Gasteiger partial charge in [-0.2, -0.15) is 0 Å². The molecule has 1 aliphatic heterocycles. The first-order chi connectivity index (χ1) is 14.4. The Morgan fingerprint density at radius 3 is 2.20 bits per heavy atom. The number of thioether (sulfide) groups is 1. The van der Waals surface area contributed by atoms with E-state index in [4.69, 9.17) is 26.4 Å². The zero-order chi connectivity index (χ0) is 21.8. The van der Waals surface area contributed by atoms with Gasteiger partial charge in [0.15, 0.2) is 11.5 Å². The van der Waals surface area contributed by atoms with Gasteiger partial charge in [-0.3, -0.25) is 9.69 Å². The summed E-state index contributed by atoms with van der Waals surface area (Å²) in [6, 6.07) is 9.66. The minimum absolute atomic E-state index is 0.141. The highest BCUT2D eigenvalue weighted by Gasteiger charge is 2.32. The number of carbonyl (C=O) groups excluding carboxylic acids is 1. The van der Waals surface area contributed by atoms with Crippen molar-refractivity contribution in [1.82, 2.24) is 4.90 Å². The maximum Gasteiger partial charge on any atom is 0.267 e. The standard InChI is InChI=1S/C22H24N2O4S2/c1-13-7-6-8-14(2)19(13)23-12-24-21(25)18(30-22(24)29)11-15-9-16(26-3)20(28-5)17(10-15)27-4/h6-11,23H,12H2,1-5H3/b18-11+. The predicted octanol–water partition coefficient (Wildman–Crippen LogP) is 4.60. The summed E-state index contributed by atoms with van der Waals surface area (Å²) in [5.74, 6) is 1.41. The molecule has 8 heteroatoms. The number of amides is 1. The molecule has 0 bridgehead atoms. The molecule has 1 aliphatic rings. The van der Waals surface area contributed by atoms with E-state index in [1.807, 2.05) is 32.0 Å². The van der Waals surface area contributed by atoms with E-state index in [0.29, 0.717) is 33.1 Å². The smallest absolute Gasteiger partial charge is 0.267 e. The highest BCUT2D eigenvalue weighted by molar-refractivity contribution is 8.26. The summed E-state index contributed by atoms with van der Waals surface area (Å²) in [5, 5.41) is 3.34. The number of thiocarbonyl (C=S) groups is 1. The zero-order valence-corrected chi connectivity index (χ0v) is 19.2. The molecule has 3 rings (SSSR count). The van der Waals surface area contributed by atoms with E-state index in [1.54, 1.807) is 44.4 Å². The van der Waals surface area contributed by atoms with Gasteiger partial charge < -0.3 is 19.5 Å². The Balaban J connectivity index is 1.83. The van der Waals surface area contributed by atoms with Crippen LogP contribution in [0, 0.1) is 13.8 Å². The van der Waals surface area contributed by atoms with Crippen LogP contribution in [-0.4, -0.2) is 43.1 Å². The first-order valence-corrected chi connectivity index (χ1v) is 10.5. The van der Waals surface area contributed by atoms with E-state index in [-0.39, 0.29) is 5.91 Å². The third-order valence-electron chi connectivity index (χ3n) is 4.75. The van der Waals surface area contributed by atoms with E-state index in [0.717, 1.165) is 22.4 Å². The van der Waals surface area contributed by atoms with E-state index < -0.39 is 0 Å². The third kappa shape index (κ3) is 4.39. The molecule has 0 aliphatic carbocycles. The van der Waals surface area contributed by atoms with Crippen molar-refractivity contribution < 1.29 is 19.0 Å². The number of hydrogen-bond acceptors (Lipinski definition) is 7. The molecule has 6 nitrogen and oxygen atoms in total. The van der Waals surface area contributed by atoms with Crippen molar-refractivity contribution in [3.8, 4) is 17.2 Å². The molecule has 0 aromatic heterocycles. The quantitative estimate of drug-likeness (QED) is 0.495. The molecule has 0 saturated carbocycles. The molecule has 30 heavy (non-hydrogen) atoms. The molecule has 0 radical (unpaired) electrons. The fraction of sp³-hybridized carbons (Fsp3) is 0.273. The molecule has 1 amide bonds. The molecule has 0 unspecified atom stereocenters. The fourth-order valence-electron chi connectivity index (χ4n) is 3.22. The summed E-state index contributed by atoms with van der Waals surface area (Å²) in [5.41, 5.74) is 4.01. The van der Waals surface area contributed by atoms with Crippen LogP contribution in [0.25, 0.3) is 6.08 Å². The van der Waals surface area contributed by atoms with E-state index >= 15 is 0 Å². The molecular formula is C22H24N2O4S2. The largest absolute Gasteiger partial charge is 0.493 e. The highest BCUT2D eigenvalue weighted by Crippen LogP contribution is 2.40. The van der Waals surface area contributed by atoms with Gasteiger partial charge in [0.05, 0.1) is 32.9 Å². The van der Waals surface area contributed by atoms with Crippen molar-refractivity contribution in [2.24, 2.45) is 0 Å². The SMILES string of the molecule is COc1cc(/C=C2/SC(=S)N(CNc3c(C)cccc3C)C2=O)cc(OC)c1OC. The van der Waals surface area contributed by atoms with Crippen molar-refractivity contribution in [3.05, 3.63) is 51.9 Å². The molecule has 1 heterocycles. The number of hydrogen-bond donors (Lipinski definition) is 1. The van der Waals surface area contributed by atoms with Gasteiger partial charge in [-0.15, -0.1) is 0 Å². The highest BCUT2D eigenvalue weighted by atomic mass is 32.2. The van der Waals surface area contributed by atoms with Crippen molar-refractivity contribution in [2.75, 3.05) is 33.3 Å². The normalized spacial score (nSPS) is 15.0. The van der Waals surface area contributed by atoms with Crippen LogP contribution in [0.1, 0.15) is 16.7 Å². The second-order valence-corrected chi connectivity index (χ2v) is 8.35. The van der Waals surface area contributed by atoms with Crippen LogP contribution in [-0.2, 0) is 4.79 Å². The summed E-state index contributed by atoms with van der Waals surface area (Å²) in [4.78, 5) is 15.1. The van der Waals surface area contributed by atoms with Gasteiger partial charge in [0.25, 0.3) is 5.91 Å². The molecule has 2 aromatic rings. The lowest BCUT2D eigenvalue weighted by atomic mass is 10.1. The lowest BCUT2D eigenvalue weighted by Crippen LogP contribution is -2.33. The number of nitrogens with zero attached hydrogens (tertiary/aromatic N) is 1. The van der Waals surface area contributed by atoms with Crippen LogP contribution >= 0.6 is 24.0 Å². The Kier molecular flexibility index (Phi) is 6.89. The molecule has 1 saturated heterocycles. The average Bonchev–Trinajstić information content (AvgIpc) is 2.99. The predicted molar refractivity (Wildman–Crippen MR) is 126 cm³/mol. The summed E-state index contributed by atoms with van der Waals surface area (Å²) in [6.45, 7) is 4.37. The van der Waals surface area contributed by atoms with Crippen molar-refractivity contribution >= 4 is 46.0 Å². The zero-order valence-electron chi connectivity index (χ0n) is 17.6. The van der Waals surface area contributed by atoms with Crippen LogP contribution < -0.4 is 19.5 Å². The number of para-hydroxylation sites is 1. The molecule has 158 valence electrons. The number of aryl methyl sites for hydroxylation is 2. The number of nitrogens with one attached hydrogen (secondary N) is 1. The third-order valence-corrected chi connectivity index (χ3v) is 6.13. The molecular weight excluding hydrogens is 420 g/mol. The number of ether oxygens (including phenoxy) is 3. The Labute approximate surface area is 186 Å². The first kappa shape index (κ1) is 22.0. The van der Waals surface area contributed by atoms with Gasteiger partial charge in [0.2, 0.25) is 5.75 Å². The second kappa shape index (κ2) is 9.40. The Bertz CT molecular complexity index is 975. The van der Waals surface area contributed by atoms with Crippen molar-refractivity contribution in [1.29, 1.82) is 0 Å². The van der Waals surface area contributed by atoms with Gasteiger partial charge in [-0.25, -0.2) is 0 Å². The van der Waals surface area contributed by atoms with Crippen LogP contribution in [0.2, 0.25) is 0 Å². The molecule has 1 N–H and O–H groups in total. The number of methoxy groups -OCH3 is 3. The fourth-order valence-corrected chi connectivity index (χ4v) is 4.48. The van der Waals surface area contributed by atoms with E-state index in [1.165, 1.54) is 11.8 Å². The van der Waals surface area contributed by atoms with Crippen LogP contribution in [0.5, 0.6) is 17.2 Å². The maximum absolute atomic E-state index is 13.0. The second-order valence-electron chi connectivity index (χ2n) is 6.67. The summed E-state index contributed by atoms with van der Waals surface area (Å²) in [7, 11) is 4.66. The minimum atomic E-state index is -0.141. The lowest BCUT2D eigenvalue weighted by molar-refractivity contribution is -0.121. The number of rotatable bonds is 7. The number of benzene rings is 2. The summed E-state index contributed by atoms with van der Waals surface area (Å²) >= 11 is 6.72. The van der Waals surface area contributed by atoms with Crippen LogP contribution in [0.15, 0.2) is 35.2 Å². The topological polar surface area (TPSA) is 60.0 Å². The molecule has 0 atom stereocenters. The molecule has 2 aromatic carbocycles. The van der Waals surface area contributed by atoms with Crippen molar-refractivity contribution in [3.63, 3.8) is 0 Å². The maximum atomic E-state index is 13.0. The lowest BCUT2D eigenvalue weighted by Gasteiger charge is -2.18. The minimum Gasteiger partial charge on any atom is -0.493 e. The Morgan fingerprint density at radius 1 is 1.07 bits per heavy atom. The van der Waals surface area contributed by atoms with E-state index in [2.05, 4.69) is 5.32 Å². The first-order valence-electron chi connectivity index (χ1n) is 9.25. The summed E-state index contributed by atoms with van der Waals surface area (Å²) < 4.78 is 16.6. The van der Waals surface area contributed by atoms with Crippen LogP contribution in [0.4, 0.5) is 5.69 Å². The van der Waals surface area contributed by atoms with Gasteiger partial charge in [-0.1, -0.05) is 42.2 Å². The number of anilines is 1. The number of carbonyl (C=O) groups is 1. The van der Waals surface area contributed by atoms with Gasteiger partial charge >= 0.3 is 0 Å².